The minimum absolute atomic E-state index is 0.0347. The van der Waals surface area contributed by atoms with Gasteiger partial charge in [-0.3, -0.25) is 9.80 Å². The predicted octanol–water partition coefficient (Wildman–Crippen LogP) is 3.48. The molecule has 0 spiro atoms. The van der Waals surface area contributed by atoms with Gasteiger partial charge in [-0.25, -0.2) is 14.0 Å². The lowest BCUT2D eigenvalue weighted by Crippen LogP contribution is -2.38. The maximum absolute atomic E-state index is 15.1. The number of nitrogens with zero attached hydrogens (tertiary/aromatic N) is 4. The van der Waals surface area contributed by atoms with Gasteiger partial charge in [0.2, 0.25) is 0 Å². The second-order valence-electron chi connectivity index (χ2n) is 8.26. The average molecular weight is 496 g/mol. The molecule has 2 N–H and O–H groups in total. The highest BCUT2D eigenvalue weighted by Crippen LogP contribution is 2.30. The number of carboxylic acid groups (broad SMARTS) is 1. The first-order valence-electron chi connectivity index (χ1n) is 11.1. The third-order valence-electron chi connectivity index (χ3n) is 5.92. The Kier molecular flexibility index (Phi) is 6.25. The molecule has 2 aliphatic rings. The molecule has 1 aromatic heterocycles. The molecular formula is C24H21FN4O7. The Morgan fingerprint density at radius 1 is 1.14 bits per heavy atom. The lowest BCUT2D eigenvalue weighted by Gasteiger charge is -2.19. The molecule has 1 fully saturated rings. The van der Waals surface area contributed by atoms with E-state index in [2.05, 4.69) is 14.8 Å². The normalized spacial score (nSPS) is 19.1. The summed E-state index contributed by atoms with van der Waals surface area (Å²) >= 11 is 0. The Morgan fingerprint density at radius 2 is 1.92 bits per heavy atom. The first-order chi connectivity index (χ1) is 17.4. The Morgan fingerprint density at radius 3 is 2.56 bits per heavy atom. The van der Waals surface area contributed by atoms with E-state index in [-0.39, 0.29) is 37.3 Å². The maximum atomic E-state index is 15.1. The van der Waals surface area contributed by atoms with Crippen LogP contribution in [0.1, 0.15) is 12.0 Å². The van der Waals surface area contributed by atoms with E-state index in [1.165, 1.54) is 23.3 Å². The molecule has 3 heterocycles. The molecule has 36 heavy (non-hydrogen) atoms. The largest absolute Gasteiger partial charge is 0.465 e. The van der Waals surface area contributed by atoms with E-state index in [0.717, 1.165) is 10.5 Å². The van der Waals surface area contributed by atoms with Crippen molar-refractivity contribution in [1.29, 1.82) is 0 Å². The molecule has 0 aliphatic carbocycles. The Bertz CT molecular complexity index is 1300. The summed E-state index contributed by atoms with van der Waals surface area (Å²) in [6.07, 6.45) is -1.39. The first-order valence-corrected chi connectivity index (χ1v) is 11.1. The zero-order valence-corrected chi connectivity index (χ0v) is 18.8. The summed E-state index contributed by atoms with van der Waals surface area (Å²) in [6, 6.07) is 12.9. The molecular weight excluding hydrogens is 475 g/mol. The summed E-state index contributed by atoms with van der Waals surface area (Å²) in [5.74, 6) is -0.465. The fourth-order valence-corrected chi connectivity index (χ4v) is 4.09. The monoisotopic (exact) mass is 496 g/mol. The summed E-state index contributed by atoms with van der Waals surface area (Å²) in [4.78, 5) is 31.3. The van der Waals surface area contributed by atoms with E-state index in [1.54, 1.807) is 36.4 Å². The van der Waals surface area contributed by atoms with Gasteiger partial charge in [-0.15, -0.1) is 0 Å². The lowest BCUT2D eigenvalue weighted by molar-refractivity contribution is 0.0390. The molecule has 186 valence electrons. The highest BCUT2D eigenvalue weighted by Gasteiger charge is 2.35. The fraction of sp³-hybridized carbons (Fsp3) is 0.250. The van der Waals surface area contributed by atoms with Gasteiger partial charge in [0.15, 0.2) is 11.9 Å². The number of carbonyl (C=O) groups excluding carboxylic acids is 1. The SMILES string of the molecule is O=C1O[C@H](CN(C(=O)O)c2ccon2)CN1c1ccc(-c2ccc(C3=NOC(CO)C3)cc2)c(F)c1. The molecule has 5 rings (SSSR count). The van der Waals surface area contributed by atoms with Crippen LogP contribution in [0.15, 0.2) is 64.5 Å². The van der Waals surface area contributed by atoms with Gasteiger partial charge >= 0.3 is 12.2 Å². The maximum Gasteiger partial charge on any atom is 0.414 e. The number of carbonyl (C=O) groups is 2. The third kappa shape index (κ3) is 4.58. The number of cyclic esters (lactones) is 1. The van der Waals surface area contributed by atoms with Gasteiger partial charge in [-0.05, 0) is 29.3 Å². The number of rotatable bonds is 7. The quantitative estimate of drug-likeness (QED) is 0.507. The second kappa shape index (κ2) is 9.66. The van der Waals surface area contributed by atoms with Crippen molar-refractivity contribution < 1.29 is 38.3 Å². The van der Waals surface area contributed by atoms with E-state index >= 15 is 4.39 Å². The van der Waals surface area contributed by atoms with E-state index in [9.17, 15) is 19.8 Å². The van der Waals surface area contributed by atoms with Crippen LogP contribution in [-0.2, 0) is 9.57 Å². The van der Waals surface area contributed by atoms with Gasteiger partial charge < -0.3 is 24.3 Å². The number of anilines is 2. The summed E-state index contributed by atoms with van der Waals surface area (Å²) < 4.78 is 25.1. The number of aliphatic hydroxyl groups excluding tert-OH is 1. The number of oxime groups is 1. The molecule has 0 bridgehead atoms. The Labute approximate surface area is 203 Å². The Hall–Kier alpha value is -4.45. The zero-order valence-electron chi connectivity index (χ0n) is 18.8. The molecule has 2 aliphatic heterocycles. The Balaban J connectivity index is 1.28. The highest BCUT2D eigenvalue weighted by atomic mass is 19.1. The summed E-state index contributed by atoms with van der Waals surface area (Å²) in [5, 5.41) is 26.2. The number of hydrogen-bond acceptors (Lipinski definition) is 8. The van der Waals surface area contributed by atoms with Crippen molar-refractivity contribution in [3.63, 3.8) is 0 Å². The zero-order chi connectivity index (χ0) is 25.2. The van der Waals surface area contributed by atoms with Crippen molar-refractivity contribution in [3.8, 4) is 11.1 Å². The number of halogens is 1. The van der Waals surface area contributed by atoms with Crippen molar-refractivity contribution >= 4 is 29.4 Å². The standard InChI is InChI=1S/C24H21FN4O7/c25-20-9-16(28-11-18(35-24(28)33)12-29(23(31)32)22-7-8-34-27-22)5-6-19(20)14-1-3-15(4-2-14)21-10-17(13-30)36-26-21/h1-9,17-18,30H,10-13H2,(H,31,32)/t17?,18-/m0/s1. The number of benzene rings is 2. The molecule has 2 aromatic carbocycles. The molecule has 2 atom stereocenters. The van der Waals surface area contributed by atoms with Crippen LogP contribution in [0.2, 0.25) is 0 Å². The van der Waals surface area contributed by atoms with Crippen LogP contribution in [0.5, 0.6) is 0 Å². The average Bonchev–Trinajstić information content (AvgIpc) is 3.64. The molecule has 11 nitrogen and oxygen atoms in total. The number of ether oxygens (including phenoxy) is 1. The fourth-order valence-electron chi connectivity index (χ4n) is 4.09. The van der Waals surface area contributed by atoms with Crippen LogP contribution >= 0.6 is 0 Å². The first kappa shape index (κ1) is 23.3. The number of hydrogen-bond donors (Lipinski definition) is 2. The topological polar surface area (TPSA) is 138 Å². The molecule has 0 saturated carbocycles. The van der Waals surface area contributed by atoms with E-state index in [1.807, 2.05) is 0 Å². The summed E-state index contributed by atoms with van der Waals surface area (Å²) in [6.45, 7) is -0.243. The van der Waals surface area contributed by atoms with E-state index < -0.39 is 24.1 Å². The summed E-state index contributed by atoms with van der Waals surface area (Å²) in [7, 11) is 0. The van der Waals surface area contributed by atoms with Crippen LogP contribution < -0.4 is 9.80 Å². The van der Waals surface area contributed by atoms with Crippen LogP contribution in [0.25, 0.3) is 11.1 Å². The van der Waals surface area contributed by atoms with Crippen LogP contribution in [0.4, 0.5) is 25.5 Å². The second-order valence-corrected chi connectivity index (χ2v) is 8.26. The molecule has 2 amide bonds. The van der Waals surface area contributed by atoms with Gasteiger partial charge in [0.25, 0.3) is 0 Å². The van der Waals surface area contributed by atoms with Crippen molar-refractivity contribution in [2.75, 3.05) is 29.5 Å². The minimum Gasteiger partial charge on any atom is -0.465 e. The van der Waals surface area contributed by atoms with Gasteiger partial charge in [0.1, 0.15) is 18.2 Å². The summed E-state index contributed by atoms with van der Waals surface area (Å²) in [5.41, 5.74) is 2.79. The molecule has 3 aromatic rings. The van der Waals surface area contributed by atoms with Crippen LogP contribution in [0, 0.1) is 5.82 Å². The van der Waals surface area contributed by atoms with Crippen molar-refractivity contribution in [3.05, 3.63) is 66.2 Å². The van der Waals surface area contributed by atoms with Crippen molar-refractivity contribution in [2.24, 2.45) is 5.16 Å². The number of aromatic nitrogens is 1. The lowest BCUT2D eigenvalue weighted by atomic mass is 9.99. The predicted molar refractivity (Wildman–Crippen MR) is 124 cm³/mol. The minimum atomic E-state index is -1.28. The van der Waals surface area contributed by atoms with Crippen molar-refractivity contribution in [2.45, 2.75) is 18.6 Å². The molecule has 1 saturated heterocycles. The molecule has 1 unspecified atom stereocenters. The van der Waals surface area contributed by atoms with Gasteiger partial charge in [-0.1, -0.05) is 34.6 Å². The van der Waals surface area contributed by atoms with Gasteiger partial charge in [-0.2, -0.15) is 0 Å². The molecule has 12 heteroatoms. The van der Waals surface area contributed by atoms with Gasteiger partial charge in [0, 0.05) is 18.1 Å². The highest BCUT2D eigenvalue weighted by molar-refractivity contribution is 6.01. The van der Waals surface area contributed by atoms with Crippen molar-refractivity contribution in [1.82, 2.24) is 5.16 Å². The number of amides is 2. The third-order valence-corrected chi connectivity index (χ3v) is 5.92. The van der Waals surface area contributed by atoms with Crippen LogP contribution in [0.3, 0.4) is 0 Å². The van der Waals surface area contributed by atoms with E-state index in [4.69, 9.17) is 9.57 Å². The van der Waals surface area contributed by atoms with E-state index in [0.29, 0.717) is 23.3 Å². The van der Waals surface area contributed by atoms with Crippen LogP contribution in [-0.4, -0.2) is 65.2 Å². The van der Waals surface area contributed by atoms with Gasteiger partial charge in [0.05, 0.1) is 31.1 Å². The molecule has 0 radical (unpaired) electrons. The number of aliphatic hydroxyl groups is 1. The smallest absolute Gasteiger partial charge is 0.414 e.